The lowest BCUT2D eigenvalue weighted by Gasteiger charge is -2.10. The number of aromatic nitrogens is 2. The second-order valence-corrected chi connectivity index (χ2v) is 4.38. The van der Waals surface area contributed by atoms with Crippen LogP contribution in [0.15, 0.2) is 23.1 Å². The van der Waals surface area contributed by atoms with Crippen molar-refractivity contribution in [3.05, 3.63) is 38.8 Å². The molecule has 0 atom stereocenters. The van der Waals surface area contributed by atoms with Crippen LogP contribution in [0.4, 0.5) is 5.69 Å². The van der Waals surface area contributed by atoms with Crippen LogP contribution in [0.25, 0.3) is 11.0 Å². The Morgan fingerprint density at radius 1 is 1.50 bits per heavy atom. The Bertz CT molecular complexity index is 799. The summed E-state index contributed by atoms with van der Waals surface area (Å²) in [6.07, 6.45) is 1.10. The third kappa shape index (κ3) is 2.87. The monoisotopic (exact) mass is 306 g/mol. The summed E-state index contributed by atoms with van der Waals surface area (Å²) >= 11 is 0. The van der Waals surface area contributed by atoms with Gasteiger partial charge in [-0.15, -0.1) is 0 Å². The molecule has 0 saturated heterocycles. The molecule has 0 aliphatic rings. The molecule has 9 nitrogen and oxygen atoms in total. The van der Waals surface area contributed by atoms with Gasteiger partial charge in [-0.1, -0.05) is 0 Å². The highest BCUT2D eigenvalue weighted by Crippen LogP contribution is 2.20. The first kappa shape index (κ1) is 15.4. The number of rotatable bonds is 5. The van der Waals surface area contributed by atoms with Crippen molar-refractivity contribution in [2.24, 2.45) is 0 Å². The highest BCUT2D eigenvalue weighted by molar-refractivity contribution is 5.79. The first-order chi connectivity index (χ1) is 10.5. The van der Waals surface area contributed by atoms with Crippen molar-refractivity contribution < 1.29 is 14.5 Å². The fourth-order valence-electron chi connectivity index (χ4n) is 1.94. The number of carbonyl (C=O) groups is 1. The van der Waals surface area contributed by atoms with E-state index in [0.717, 1.165) is 6.20 Å². The van der Waals surface area contributed by atoms with E-state index in [9.17, 15) is 19.7 Å². The largest absolute Gasteiger partial charge is 0.478 e. The predicted octanol–water partition coefficient (Wildman–Crippen LogP) is 0.449. The molecule has 0 bridgehead atoms. The average Bonchev–Trinajstić information content (AvgIpc) is 2.52. The topological polar surface area (TPSA) is 116 Å². The van der Waals surface area contributed by atoms with E-state index in [-0.39, 0.29) is 24.0 Å². The molecule has 2 aromatic rings. The number of ether oxygens (including phenoxy) is 1. The number of carbonyl (C=O) groups excluding carboxylic acids is 1. The standard InChI is InChI=1S/C13H14N4O5/c1-3-16-12-8(4-9(6-15-12)17(20)21)5-10(13(16)19)22-7-11(18)14-2/h4-6H,3,7H2,1-2H3,(H,14,18). The quantitative estimate of drug-likeness (QED) is 0.633. The summed E-state index contributed by atoms with van der Waals surface area (Å²) in [5.41, 5.74) is -0.309. The van der Waals surface area contributed by atoms with E-state index < -0.39 is 10.5 Å². The summed E-state index contributed by atoms with van der Waals surface area (Å²) < 4.78 is 6.53. The Morgan fingerprint density at radius 3 is 2.82 bits per heavy atom. The van der Waals surface area contributed by atoms with Gasteiger partial charge in [-0.2, -0.15) is 0 Å². The molecule has 1 amide bonds. The van der Waals surface area contributed by atoms with Gasteiger partial charge >= 0.3 is 0 Å². The van der Waals surface area contributed by atoms with Gasteiger partial charge in [0.05, 0.1) is 4.92 Å². The van der Waals surface area contributed by atoms with Gasteiger partial charge in [0.2, 0.25) is 0 Å². The lowest BCUT2D eigenvalue weighted by atomic mass is 10.2. The first-order valence-corrected chi connectivity index (χ1v) is 6.49. The molecular weight excluding hydrogens is 292 g/mol. The maximum absolute atomic E-state index is 12.3. The van der Waals surface area contributed by atoms with Crippen LogP contribution < -0.4 is 15.6 Å². The Labute approximate surface area is 124 Å². The van der Waals surface area contributed by atoms with Gasteiger partial charge in [0, 0.05) is 25.0 Å². The van der Waals surface area contributed by atoms with E-state index in [4.69, 9.17) is 4.74 Å². The highest BCUT2D eigenvalue weighted by atomic mass is 16.6. The molecule has 2 heterocycles. The molecule has 0 aliphatic heterocycles. The second kappa shape index (κ2) is 6.20. The number of hydrogen-bond acceptors (Lipinski definition) is 6. The summed E-state index contributed by atoms with van der Waals surface area (Å²) in [5.74, 6) is -0.444. The number of likely N-dealkylation sites (N-methyl/N-ethyl adjacent to an activating group) is 1. The van der Waals surface area contributed by atoms with E-state index >= 15 is 0 Å². The number of amides is 1. The number of aryl methyl sites for hydroxylation is 1. The number of pyridine rings is 2. The minimum atomic E-state index is -0.571. The number of fused-ring (bicyclic) bond motifs is 1. The van der Waals surface area contributed by atoms with Crippen molar-refractivity contribution >= 4 is 22.6 Å². The molecule has 2 aromatic heterocycles. The van der Waals surface area contributed by atoms with Crippen LogP contribution in [-0.4, -0.2) is 34.0 Å². The molecule has 22 heavy (non-hydrogen) atoms. The fourth-order valence-corrected chi connectivity index (χ4v) is 1.94. The molecule has 1 N–H and O–H groups in total. The van der Waals surface area contributed by atoms with E-state index in [1.54, 1.807) is 6.92 Å². The summed E-state index contributed by atoms with van der Waals surface area (Å²) in [7, 11) is 1.45. The van der Waals surface area contributed by atoms with Crippen LogP contribution in [0.2, 0.25) is 0 Å². The van der Waals surface area contributed by atoms with Crippen LogP contribution in [-0.2, 0) is 11.3 Å². The number of nitrogens with zero attached hydrogens (tertiary/aromatic N) is 3. The van der Waals surface area contributed by atoms with Gasteiger partial charge in [-0.05, 0) is 13.0 Å². The minimum Gasteiger partial charge on any atom is -0.478 e. The summed E-state index contributed by atoms with van der Waals surface area (Å²) in [6, 6.07) is 2.66. The molecule has 0 radical (unpaired) electrons. The zero-order valence-electron chi connectivity index (χ0n) is 12.0. The van der Waals surface area contributed by atoms with Gasteiger partial charge in [0.25, 0.3) is 17.2 Å². The maximum atomic E-state index is 12.3. The molecule has 116 valence electrons. The number of nitrogens with one attached hydrogen (secondary N) is 1. The van der Waals surface area contributed by atoms with Crippen LogP contribution in [0.1, 0.15) is 6.92 Å². The third-order valence-corrected chi connectivity index (χ3v) is 3.04. The van der Waals surface area contributed by atoms with Gasteiger partial charge in [-0.3, -0.25) is 24.3 Å². The minimum absolute atomic E-state index is 0.0553. The molecule has 9 heteroatoms. The molecule has 0 spiro atoms. The lowest BCUT2D eigenvalue weighted by molar-refractivity contribution is -0.385. The van der Waals surface area contributed by atoms with Crippen molar-refractivity contribution in [2.45, 2.75) is 13.5 Å². The van der Waals surface area contributed by atoms with Gasteiger partial charge in [0.1, 0.15) is 11.8 Å². The summed E-state index contributed by atoms with van der Waals surface area (Å²) in [4.78, 5) is 37.7. The van der Waals surface area contributed by atoms with Crippen LogP contribution in [0.5, 0.6) is 5.75 Å². The van der Waals surface area contributed by atoms with Gasteiger partial charge < -0.3 is 10.1 Å². The Hall–Kier alpha value is -2.97. The van der Waals surface area contributed by atoms with Crippen LogP contribution in [0.3, 0.4) is 0 Å². The Balaban J connectivity index is 2.56. The normalized spacial score (nSPS) is 10.5. The van der Waals surface area contributed by atoms with Gasteiger partial charge in [-0.25, -0.2) is 4.98 Å². The summed E-state index contributed by atoms with van der Waals surface area (Å²) in [5, 5.41) is 13.6. The van der Waals surface area contributed by atoms with Gasteiger partial charge in [0.15, 0.2) is 12.4 Å². The smallest absolute Gasteiger partial charge is 0.294 e. The molecule has 0 unspecified atom stereocenters. The zero-order chi connectivity index (χ0) is 16.3. The molecule has 2 rings (SSSR count). The Morgan fingerprint density at radius 2 is 2.23 bits per heavy atom. The van der Waals surface area contributed by atoms with Crippen molar-refractivity contribution in [1.82, 2.24) is 14.9 Å². The van der Waals surface area contributed by atoms with E-state index in [0.29, 0.717) is 17.6 Å². The molecule has 0 aromatic carbocycles. The number of nitro groups is 1. The highest BCUT2D eigenvalue weighted by Gasteiger charge is 2.15. The van der Waals surface area contributed by atoms with E-state index in [2.05, 4.69) is 10.3 Å². The maximum Gasteiger partial charge on any atom is 0.294 e. The molecule has 0 saturated carbocycles. The average molecular weight is 306 g/mol. The van der Waals surface area contributed by atoms with Crippen LogP contribution in [0, 0.1) is 10.1 Å². The van der Waals surface area contributed by atoms with Crippen molar-refractivity contribution in [2.75, 3.05) is 13.7 Å². The predicted molar refractivity (Wildman–Crippen MR) is 77.9 cm³/mol. The second-order valence-electron chi connectivity index (χ2n) is 4.38. The molecule has 0 fully saturated rings. The lowest BCUT2D eigenvalue weighted by Crippen LogP contribution is -2.28. The molecule has 0 aliphatic carbocycles. The zero-order valence-corrected chi connectivity index (χ0v) is 12.0. The van der Waals surface area contributed by atoms with E-state index in [1.807, 2.05) is 0 Å². The van der Waals surface area contributed by atoms with Crippen molar-refractivity contribution in [3.8, 4) is 5.75 Å². The van der Waals surface area contributed by atoms with Crippen LogP contribution >= 0.6 is 0 Å². The number of hydrogen-bond donors (Lipinski definition) is 1. The first-order valence-electron chi connectivity index (χ1n) is 6.49. The SMILES string of the molecule is CCn1c(=O)c(OCC(=O)NC)cc2cc([N+](=O)[O-])cnc21. The third-order valence-electron chi connectivity index (χ3n) is 3.04. The van der Waals surface area contributed by atoms with E-state index in [1.165, 1.54) is 23.7 Å². The van der Waals surface area contributed by atoms with Crippen molar-refractivity contribution in [3.63, 3.8) is 0 Å². The Kier molecular flexibility index (Phi) is 4.35. The fraction of sp³-hybridized carbons (Fsp3) is 0.308. The molecular formula is C13H14N4O5. The van der Waals surface area contributed by atoms with Crippen molar-refractivity contribution in [1.29, 1.82) is 0 Å². The summed E-state index contributed by atoms with van der Waals surface area (Å²) in [6.45, 7) is 1.74.